The molecule has 2 N–H and O–H groups in total. The molecule has 1 aromatic rings. The molecule has 100 valence electrons. The number of hydrogen-bond acceptors (Lipinski definition) is 2. The Bertz CT molecular complexity index is 394. The highest BCUT2D eigenvalue weighted by molar-refractivity contribution is 6.31. The molecule has 0 aromatic heterocycles. The van der Waals surface area contributed by atoms with Crippen LogP contribution in [0.3, 0.4) is 0 Å². The van der Waals surface area contributed by atoms with E-state index in [1.165, 1.54) is 13.0 Å². The van der Waals surface area contributed by atoms with E-state index in [9.17, 15) is 0 Å². The van der Waals surface area contributed by atoms with Crippen molar-refractivity contribution in [1.29, 1.82) is 0 Å². The molecule has 0 saturated heterocycles. The summed E-state index contributed by atoms with van der Waals surface area (Å²) in [6, 6.07) is 7.91. The fourth-order valence-corrected chi connectivity index (χ4v) is 2.71. The number of hydrogen-bond donors (Lipinski definition) is 1. The third-order valence-corrected chi connectivity index (χ3v) is 4.29. The fraction of sp³-hybridized carbons (Fsp3) is 0.600. The van der Waals surface area contributed by atoms with Crippen molar-refractivity contribution in [3.63, 3.8) is 0 Å². The van der Waals surface area contributed by atoms with Crippen LogP contribution < -0.4 is 5.73 Å². The maximum atomic E-state index is 6.21. The molecule has 0 amide bonds. The van der Waals surface area contributed by atoms with Gasteiger partial charge in [-0.15, -0.1) is 0 Å². The SMILES string of the molecule is CC1CC1CN(C)CCC(N)c1ccccc1Cl. The molecule has 0 heterocycles. The maximum Gasteiger partial charge on any atom is 0.0453 e. The van der Waals surface area contributed by atoms with E-state index < -0.39 is 0 Å². The standard InChI is InChI=1S/C15H23ClN2/c1-11-9-12(11)10-18(2)8-7-15(17)13-5-3-4-6-14(13)16/h3-6,11-12,15H,7-10,17H2,1-2H3. The zero-order valence-corrected chi connectivity index (χ0v) is 12.0. The Hall–Kier alpha value is -0.570. The van der Waals surface area contributed by atoms with Crippen molar-refractivity contribution < 1.29 is 0 Å². The minimum absolute atomic E-state index is 0.0396. The van der Waals surface area contributed by atoms with E-state index in [4.69, 9.17) is 17.3 Å². The summed E-state index contributed by atoms with van der Waals surface area (Å²) in [7, 11) is 2.18. The Kier molecular flexibility index (Phi) is 4.66. The maximum absolute atomic E-state index is 6.21. The van der Waals surface area contributed by atoms with Gasteiger partial charge in [0.25, 0.3) is 0 Å². The van der Waals surface area contributed by atoms with Gasteiger partial charge in [-0.2, -0.15) is 0 Å². The second-order valence-corrected chi connectivity index (χ2v) is 6.06. The molecule has 1 fully saturated rings. The highest BCUT2D eigenvalue weighted by Gasteiger charge is 2.32. The van der Waals surface area contributed by atoms with Gasteiger partial charge in [-0.05, 0) is 49.9 Å². The summed E-state index contributed by atoms with van der Waals surface area (Å²) in [5.41, 5.74) is 7.27. The topological polar surface area (TPSA) is 29.3 Å². The molecule has 3 unspecified atom stereocenters. The van der Waals surface area contributed by atoms with Crippen molar-refractivity contribution in [2.24, 2.45) is 17.6 Å². The van der Waals surface area contributed by atoms with Crippen molar-refractivity contribution in [2.45, 2.75) is 25.8 Å². The Balaban J connectivity index is 1.77. The monoisotopic (exact) mass is 266 g/mol. The lowest BCUT2D eigenvalue weighted by Crippen LogP contribution is -2.26. The Morgan fingerprint density at radius 3 is 2.72 bits per heavy atom. The summed E-state index contributed by atoms with van der Waals surface area (Å²) >= 11 is 6.15. The fourth-order valence-electron chi connectivity index (χ4n) is 2.44. The number of halogens is 1. The van der Waals surface area contributed by atoms with Crippen molar-refractivity contribution in [3.8, 4) is 0 Å². The van der Waals surface area contributed by atoms with Gasteiger partial charge < -0.3 is 10.6 Å². The zero-order valence-electron chi connectivity index (χ0n) is 11.3. The minimum Gasteiger partial charge on any atom is -0.324 e. The molecule has 1 aliphatic rings. The van der Waals surface area contributed by atoms with Gasteiger partial charge in [-0.3, -0.25) is 0 Å². The summed E-state index contributed by atoms with van der Waals surface area (Å²) in [5.74, 6) is 1.83. The number of benzene rings is 1. The summed E-state index contributed by atoms with van der Waals surface area (Å²) < 4.78 is 0. The minimum atomic E-state index is 0.0396. The molecular formula is C15H23ClN2. The van der Waals surface area contributed by atoms with E-state index in [1.807, 2.05) is 24.3 Å². The average Bonchev–Trinajstić information content (AvgIpc) is 3.02. The van der Waals surface area contributed by atoms with Gasteiger partial charge in [0, 0.05) is 17.6 Å². The van der Waals surface area contributed by atoms with Gasteiger partial charge in [-0.25, -0.2) is 0 Å². The van der Waals surface area contributed by atoms with E-state index in [0.717, 1.165) is 35.4 Å². The highest BCUT2D eigenvalue weighted by Crippen LogP contribution is 2.38. The molecule has 1 aliphatic carbocycles. The Morgan fingerprint density at radius 2 is 2.11 bits per heavy atom. The molecule has 1 saturated carbocycles. The molecule has 0 spiro atoms. The van der Waals surface area contributed by atoms with Crippen molar-refractivity contribution in [3.05, 3.63) is 34.9 Å². The number of nitrogens with two attached hydrogens (primary N) is 1. The predicted octanol–water partition coefficient (Wildman–Crippen LogP) is 3.32. The van der Waals surface area contributed by atoms with Crippen LogP contribution in [-0.2, 0) is 0 Å². The van der Waals surface area contributed by atoms with E-state index in [2.05, 4.69) is 18.9 Å². The largest absolute Gasteiger partial charge is 0.324 e. The normalized spacial score (nSPS) is 24.3. The molecule has 2 rings (SSSR count). The van der Waals surface area contributed by atoms with Gasteiger partial charge in [0.2, 0.25) is 0 Å². The molecule has 3 atom stereocenters. The number of rotatable bonds is 6. The third-order valence-electron chi connectivity index (χ3n) is 3.95. The average molecular weight is 267 g/mol. The first kappa shape index (κ1) is 13.9. The van der Waals surface area contributed by atoms with Crippen LogP contribution in [0.25, 0.3) is 0 Å². The summed E-state index contributed by atoms with van der Waals surface area (Å²) in [6.45, 7) is 4.57. The van der Waals surface area contributed by atoms with E-state index in [0.29, 0.717) is 0 Å². The smallest absolute Gasteiger partial charge is 0.0453 e. The van der Waals surface area contributed by atoms with E-state index in [1.54, 1.807) is 0 Å². The molecule has 2 nitrogen and oxygen atoms in total. The zero-order chi connectivity index (χ0) is 13.1. The van der Waals surface area contributed by atoms with Gasteiger partial charge in [0.05, 0.1) is 0 Å². The van der Waals surface area contributed by atoms with Crippen LogP contribution in [-0.4, -0.2) is 25.0 Å². The summed E-state index contributed by atoms with van der Waals surface area (Å²) in [6.07, 6.45) is 2.35. The second-order valence-electron chi connectivity index (χ2n) is 5.65. The van der Waals surface area contributed by atoms with Crippen molar-refractivity contribution in [1.82, 2.24) is 4.90 Å². The Labute approximate surface area is 115 Å². The Morgan fingerprint density at radius 1 is 1.44 bits per heavy atom. The van der Waals surface area contributed by atoms with Crippen LogP contribution in [0.2, 0.25) is 5.02 Å². The molecular weight excluding hydrogens is 244 g/mol. The highest BCUT2D eigenvalue weighted by atomic mass is 35.5. The molecule has 18 heavy (non-hydrogen) atoms. The van der Waals surface area contributed by atoms with Crippen LogP contribution in [0.1, 0.15) is 31.4 Å². The van der Waals surface area contributed by atoms with Crippen LogP contribution in [0.5, 0.6) is 0 Å². The first-order chi connectivity index (χ1) is 8.58. The van der Waals surface area contributed by atoms with Crippen LogP contribution in [0.4, 0.5) is 0 Å². The second kappa shape index (κ2) is 6.05. The van der Waals surface area contributed by atoms with E-state index >= 15 is 0 Å². The van der Waals surface area contributed by atoms with Crippen LogP contribution >= 0.6 is 11.6 Å². The van der Waals surface area contributed by atoms with Crippen molar-refractivity contribution in [2.75, 3.05) is 20.1 Å². The quantitative estimate of drug-likeness (QED) is 0.856. The molecule has 0 aliphatic heterocycles. The van der Waals surface area contributed by atoms with Crippen molar-refractivity contribution >= 4 is 11.6 Å². The number of nitrogens with zero attached hydrogens (tertiary/aromatic N) is 1. The first-order valence-electron chi connectivity index (χ1n) is 6.76. The van der Waals surface area contributed by atoms with E-state index in [-0.39, 0.29) is 6.04 Å². The van der Waals surface area contributed by atoms with Crippen LogP contribution in [0.15, 0.2) is 24.3 Å². The molecule has 0 radical (unpaired) electrons. The first-order valence-corrected chi connectivity index (χ1v) is 7.14. The van der Waals surface area contributed by atoms with Gasteiger partial charge >= 0.3 is 0 Å². The molecule has 1 aromatic carbocycles. The third kappa shape index (κ3) is 3.71. The summed E-state index contributed by atoms with van der Waals surface area (Å²) in [4.78, 5) is 2.39. The summed E-state index contributed by atoms with van der Waals surface area (Å²) in [5, 5.41) is 0.781. The van der Waals surface area contributed by atoms with Gasteiger partial charge in [0.15, 0.2) is 0 Å². The lowest BCUT2D eigenvalue weighted by molar-refractivity contribution is 0.301. The van der Waals surface area contributed by atoms with Crippen LogP contribution in [0, 0.1) is 11.8 Å². The lowest BCUT2D eigenvalue weighted by Gasteiger charge is -2.20. The molecule has 0 bridgehead atoms. The predicted molar refractivity (Wildman–Crippen MR) is 77.8 cm³/mol. The van der Waals surface area contributed by atoms with Gasteiger partial charge in [-0.1, -0.05) is 36.7 Å². The van der Waals surface area contributed by atoms with Gasteiger partial charge in [0.1, 0.15) is 0 Å². The lowest BCUT2D eigenvalue weighted by atomic mass is 10.0. The molecule has 3 heteroatoms.